The number of carbonyl (C=O) groups excluding carboxylic acids is 1. The Bertz CT molecular complexity index is 847. The summed E-state index contributed by atoms with van der Waals surface area (Å²) in [5, 5.41) is 15.5. The van der Waals surface area contributed by atoms with Crippen LogP contribution < -0.4 is 0 Å². The minimum atomic E-state index is -0.553. The molecule has 0 aliphatic heterocycles. The lowest BCUT2D eigenvalue weighted by Gasteiger charge is -2.00. The number of nitro groups is 1. The van der Waals surface area contributed by atoms with Crippen LogP contribution in [-0.4, -0.2) is 25.5 Å². The molecule has 0 fully saturated rings. The van der Waals surface area contributed by atoms with Crippen molar-refractivity contribution in [3.63, 3.8) is 0 Å². The largest absolute Gasteiger partial charge is 0.358 e. The van der Waals surface area contributed by atoms with Crippen LogP contribution in [0.5, 0.6) is 0 Å². The molecule has 0 saturated heterocycles. The first-order chi connectivity index (χ1) is 10.1. The number of benzene rings is 1. The van der Waals surface area contributed by atoms with E-state index in [0.29, 0.717) is 5.56 Å². The summed E-state index contributed by atoms with van der Waals surface area (Å²) in [6.07, 6.45) is 1.31. The van der Waals surface area contributed by atoms with Crippen molar-refractivity contribution in [2.75, 3.05) is 0 Å². The number of carbonyl (C=O) groups is 1. The van der Waals surface area contributed by atoms with Crippen LogP contribution in [0.2, 0.25) is 0 Å². The second kappa shape index (κ2) is 4.86. The minimum absolute atomic E-state index is 0.161. The maximum atomic E-state index is 12.5. The molecule has 21 heavy (non-hydrogen) atoms. The highest BCUT2D eigenvalue weighted by molar-refractivity contribution is 6.09. The molecule has 3 rings (SSSR count). The standard InChI is InChI=1S/C14H12N4O3/c1-9-14(10-4-2-3-5-11(10)16-9)12(19)8-17-13(18(20)21)6-7-15-17/h2-7,16H,8H2,1H3. The van der Waals surface area contributed by atoms with Crippen molar-refractivity contribution < 1.29 is 9.72 Å². The zero-order chi connectivity index (χ0) is 15.0. The minimum Gasteiger partial charge on any atom is -0.358 e. The molecule has 106 valence electrons. The van der Waals surface area contributed by atoms with Gasteiger partial charge in [-0.3, -0.25) is 4.79 Å². The van der Waals surface area contributed by atoms with Gasteiger partial charge in [-0.2, -0.15) is 0 Å². The third-order valence-corrected chi connectivity index (χ3v) is 3.35. The van der Waals surface area contributed by atoms with E-state index in [9.17, 15) is 14.9 Å². The molecular weight excluding hydrogens is 272 g/mol. The highest BCUT2D eigenvalue weighted by Crippen LogP contribution is 2.23. The van der Waals surface area contributed by atoms with Crippen molar-refractivity contribution in [1.82, 2.24) is 14.8 Å². The van der Waals surface area contributed by atoms with Gasteiger partial charge in [-0.25, -0.2) is 0 Å². The number of fused-ring (bicyclic) bond motifs is 1. The molecule has 0 radical (unpaired) electrons. The lowest BCUT2D eigenvalue weighted by atomic mass is 10.1. The van der Waals surface area contributed by atoms with Crippen LogP contribution >= 0.6 is 0 Å². The Labute approximate surface area is 119 Å². The third-order valence-electron chi connectivity index (χ3n) is 3.35. The van der Waals surface area contributed by atoms with Crippen molar-refractivity contribution in [3.05, 3.63) is 57.9 Å². The van der Waals surface area contributed by atoms with E-state index in [1.807, 2.05) is 31.2 Å². The highest BCUT2D eigenvalue weighted by atomic mass is 16.6. The number of nitrogens with one attached hydrogen (secondary N) is 1. The fourth-order valence-electron chi connectivity index (χ4n) is 2.45. The molecule has 0 amide bonds. The molecular formula is C14H12N4O3. The van der Waals surface area contributed by atoms with Gasteiger partial charge >= 0.3 is 5.82 Å². The van der Waals surface area contributed by atoms with Crippen molar-refractivity contribution in [2.45, 2.75) is 13.5 Å². The second-order valence-corrected chi connectivity index (χ2v) is 4.70. The number of aromatic nitrogens is 3. The number of hydrogen-bond acceptors (Lipinski definition) is 4. The number of H-pyrrole nitrogens is 1. The highest BCUT2D eigenvalue weighted by Gasteiger charge is 2.22. The summed E-state index contributed by atoms with van der Waals surface area (Å²) in [5.74, 6) is -0.405. The molecule has 1 N–H and O–H groups in total. The third kappa shape index (κ3) is 2.18. The van der Waals surface area contributed by atoms with Crippen LogP contribution in [0, 0.1) is 17.0 Å². The van der Waals surface area contributed by atoms with Crippen LogP contribution in [0.15, 0.2) is 36.5 Å². The van der Waals surface area contributed by atoms with Gasteiger partial charge in [-0.15, -0.1) is 4.68 Å². The summed E-state index contributed by atoms with van der Waals surface area (Å²) in [6.45, 7) is 1.65. The number of rotatable bonds is 4. The number of aryl methyl sites for hydroxylation is 1. The van der Waals surface area contributed by atoms with Crippen LogP contribution in [0.25, 0.3) is 10.9 Å². The Morgan fingerprint density at radius 1 is 1.38 bits per heavy atom. The molecule has 0 bridgehead atoms. The monoisotopic (exact) mass is 284 g/mol. The predicted octanol–water partition coefficient (Wildman–Crippen LogP) is 2.46. The van der Waals surface area contributed by atoms with Crippen molar-refractivity contribution in [2.24, 2.45) is 0 Å². The summed E-state index contributed by atoms with van der Waals surface area (Å²) in [7, 11) is 0. The zero-order valence-corrected chi connectivity index (χ0v) is 11.2. The predicted molar refractivity (Wildman–Crippen MR) is 76.2 cm³/mol. The molecule has 7 heteroatoms. The molecule has 0 unspecified atom stereocenters. The fourth-order valence-corrected chi connectivity index (χ4v) is 2.45. The van der Waals surface area contributed by atoms with E-state index < -0.39 is 4.92 Å². The van der Waals surface area contributed by atoms with Gasteiger partial charge in [0.05, 0.1) is 17.8 Å². The van der Waals surface area contributed by atoms with E-state index in [-0.39, 0.29) is 18.1 Å². The summed E-state index contributed by atoms with van der Waals surface area (Å²) < 4.78 is 1.10. The van der Waals surface area contributed by atoms with E-state index in [0.717, 1.165) is 21.3 Å². The Morgan fingerprint density at radius 3 is 2.90 bits per heavy atom. The molecule has 2 heterocycles. The van der Waals surface area contributed by atoms with E-state index >= 15 is 0 Å². The van der Waals surface area contributed by atoms with Crippen LogP contribution in [0.1, 0.15) is 16.1 Å². The maximum absolute atomic E-state index is 12.5. The second-order valence-electron chi connectivity index (χ2n) is 4.70. The zero-order valence-electron chi connectivity index (χ0n) is 11.2. The first kappa shape index (κ1) is 13.0. The average molecular weight is 284 g/mol. The smallest absolute Gasteiger partial charge is 0.345 e. The molecule has 0 spiro atoms. The average Bonchev–Trinajstić information content (AvgIpc) is 3.01. The van der Waals surface area contributed by atoms with Crippen LogP contribution in [0.3, 0.4) is 0 Å². The number of nitrogens with zero attached hydrogens (tertiary/aromatic N) is 3. The van der Waals surface area contributed by atoms with E-state index in [1.165, 1.54) is 12.3 Å². The lowest BCUT2D eigenvalue weighted by Crippen LogP contribution is -2.14. The molecule has 3 aromatic rings. The van der Waals surface area contributed by atoms with E-state index in [2.05, 4.69) is 10.1 Å². The van der Waals surface area contributed by atoms with Gasteiger partial charge in [-0.05, 0) is 17.9 Å². The summed E-state index contributed by atoms with van der Waals surface area (Å²) >= 11 is 0. The number of hydrogen-bond donors (Lipinski definition) is 1. The quantitative estimate of drug-likeness (QED) is 0.452. The topological polar surface area (TPSA) is 93.8 Å². The van der Waals surface area contributed by atoms with Crippen molar-refractivity contribution in [1.29, 1.82) is 0 Å². The normalized spacial score (nSPS) is 10.9. The van der Waals surface area contributed by atoms with Crippen molar-refractivity contribution >= 4 is 22.5 Å². The van der Waals surface area contributed by atoms with Gasteiger partial charge in [0.15, 0.2) is 6.54 Å². The molecule has 2 aromatic heterocycles. The summed E-state index contributed by atoms with van der Waals surface area (Å²) in [6, 6.07) is 8.74. The first-order valence-electron chi connectivity index (χ1n) is 6.34. The van der Waals surface area contributed by atoms with Gasteiger partial charge in [0.2, 0.25) is 5.78 Å². The molecule has 0 saturated carbocycles. The van der Waals surface area contributed by atoms with Gasteiger partial charge in [-0.1, -0.05) is 23.3 Å². The Kier molecular flexibility index (Phi) is 3.02. The number of ketones is 1. The lowest BCUT2D eigenvalue weighted by molar-refractivity contribution is -0.392. The summed E-state index contributed by atoms with van der Waals surface area (Å²) in [4.78, 5) is 25.9. The van der Waals surface area contributed by atoms with Gasteiger partial charge in [0.25, 0.3) is 0 Å². The first-order valence-corrected chi connectivity index (χ1v) is 6.34. The maximum Gasteiger partial charge on any atom is 0.345 e. The molecule has 0 aliphatic carbocycles. The van der Waals surface area contributed by atoms with Gasteiger partial charge in [0.1, 0.15) is 0 Å². The molecule has 0 atom stereocenters. The van der Waals surface area contributed by atoms with Crippen molar-refractivity contribution in [3.8, 4) is 0 Å². The molecule has 1 aromatic carbocycles. The van der Waals surface area contributed by atoms with Gasteiger partial charge < -0.3 is 15.1 Å². The van der Waals surface area contributed by atoms with Crippen LogP contribution in [-0.2, 0) is 6.54 Å². The number of aromatic amines is 1. The SMILES string of the molecule is Cc1[nH]c2ccccc2c1C(=O)Cn1nccc1[N+](=O)[O-]. The van der Waals surface area contributed by atoms with Gasteiger partial charge in [0, 0.05) is 16.6 Å². The van der Waals surface area contributed by atoms with Crippen LogP contribution in [0.4, 0.5) is 5.82 Å². The Balaban J connectivity index is 1.99. The Morgan fingerprint density at radius 2 is 2.14 bits per heavy atom. The van der Waals surface area contributed by atoms with E-state index in [4.69, 9.17) is 0 Å². The van der Waals surface area contributed by atoms with E-state index in [1.54, 1.807) is 0 Å². The number of para-hydroxylation sites is 1. The fraction of sp³-hybridized carbons (Fsp3) is 0.143. The molecule has 7 nitrogen and oxygen atoms in total. The molecule has 0 aliphatic rings. The Hall–Kier alpha value is -2.96. The summed E-state index contributed by atoms with van der Waals surface area (Å²) in [5.41, 5.74) is 2.17. The number of Topliss-reactive ketones (excluding diaryl/α,β-unsaturated/α-hetero) is 1.